The first-order valence-corrected chi connectivity index (χ1v) is 10.2. The van der Waals surface area contributed by atoms with Gasteiger partial charge in [0.25, 0.3) is 5.91 Å². The number of hydrogen-bond donors (Lipinski definition) is 1. The fourth-order valence-electron chi connectivity index (χ4n) is 3.24. The molecule has 1 N–H and O–H groups in total. The first kappa shape index (κ1) is 20.4. The molecule has 1 aliphatic heterocycles. The van der Waals surface area contributed by atoms with E-state index in [2.05, 4.69) is 28.6 Å². The smallest absolute Gasteiger partial charge is 0.257 e. The zero-order valence-corrected chi connectivity index (χ0v) is 17.3. The van der Waals surface area contributed by atoms with Crippen LogP contribution in [0.1, 0.15) is 34.6 Å². The molecule has 0 aliphatic carbocycles. The summed E-state index contributed by atoms with van der Waals surface area (Å²) in [5, 5.41) is 5.08. The molecule has 6 nitrogen and oxygen atoms in total. The molecule has 2 aromatic rings. The predicted molar refractivity (Wildman–Crippen MR) is 109 cm³/mol. The van der Waals surface area contributed by atoms with Gasteiger partial charge in [-0.1, -0.05) is 0 Å². The van der Waals surface area contributed by atoms with E-state index in [1.807, 2.05) is 11.3 Å². The molecule has 150 valence electrons. The SMILES string of the molecule is COc1cc(C(C)=O)ccc1OCC(=O)NCC(C)N1CCc2sccc2C1. The Morgan fingerprint density at radius 3 is 2.86 bits per heavy atom. The van der Waals surface area contributed by atoms with Gasteiger partial charge in [0.2, 0.25) is 0 Å². The van der Waals surface area contributed by atoms with E-state index < -0.39 is 0 Å². The lowest BCUT2D eigenvalue weighted by Crippen LogP contribution is -2.45. The summed E-state index contributed by atoms with van der Waals surface area (Å²) >= 11 is 1.83. The number of fused-ring (bicyclic) bond motifs is 1. The first-order chi connectivity index (χ1) is 13.5. The second-order valence-electron chi connectivity index (χ2n) is 6.95. The largest absolute Gasteiger partial charge is 0.493 e. The molecule has 0 radical (unpaired) electrons. The lowest BCUT2D eigenvalue weighted by molar-refractivity contribution is -0.123. The molecule has 1 aromatic carbocycles. The zero-order chi connectivity index (χ0) is 20.1. The van der Waals surface area contributed by atoms with Crippen molar-refractivity contribution < 1.29 is 19.1 Å². The van der Waals surface area contributed by atoms with Crippen molar-refractivity contribution in [2.24, 2.45) is 0 Å². The van der Waals surface area contributed by atoms with Crippen molar-refractivity contribution in [1.29, 1.82) is 0 Å². The average Bonchev–Trinajstić information content (AvgIpc) is 3.17. The van der Waals surface area contributed by atoms with E-state index in [0.29, 0.717) is 23.6 Å². The van der Waals surface area contributed by atoms with Crippen molar-refractivity contribution >= 4 is 23.0 Å². The number of Topliss-reactive ketones (excluding diaryl/α,β-unsaturated/α-hetero) is 1. The Morgan fingerprint density at radius 1 is 1.29 bits per heavy atom. The third-order valence-corrected chi connectivity index (χ3v) is 6.01. The van der Waals surface area contributed by atoms with Crippen LogP contribution >= 0.6 is 11.3 Å². The van der Waals surface area contributed by atoms with E-state index in [-0.39, 0.29) is 24.3 Å². The number of hydrogen-bond acceptors (Lipinski definition) is 6. The molecule has 1 amide bonds. The summed E-state index contributed by atoms with van der Waals surface area (Å²) in [6.07, 6.45) is 1.07. The van der Waals surface area contributed by atoms with Crippen molar-refractivity contribution in [2.75, 3.05) is 26.8 Å². The minimum Gasteiger partial charge on any atom is -0.493 e. The standard InChI is InChI=1S/C21H26N2O4S/c1-14(23-8-6-20-17(12-23)7-9-28-20)11-22-21(25)13-27-18-5-4-16(15(2)24)10-19(18)26-3/h4-5,7,9-10,14H,6,8,11-13H2,1-3H3,(H,22,25). The van der Waals surface area contributed by atoms with E-state index in [1.54, 1.807) is 18.2 Å². The Morgan fingerprint density at radius 2 is 2.11 bits per heavy atom. The summed E-state index contributed by atoms with van der Waals surface area (Å²) in [4.78, 5) is 27.5. The number of nitrogens with one attached hydrogen (secondary N) is 1. The maximum absolute atomic E-state index is 12.2. The Kier molecular flexibility index (Phi) is 6.70. The van der Waals surface area contributed by atoms with Crippen LogP contribution in [0, 0.1) is 0 Å². The predicted octanol–water partition coefficient (Wildman–Crippen LogP) is 2.90. The molecule has 0 spiro atoms. The van der Waals surface area contributed by atoms with Crippen molar-refractivity contribution in [1.82, 2.24) is 10.2 Å². The van der Waals surface area contributed by atoms with Gasteiger partial charge < -0.3 is 14.8 Å². The highest BCUT2D eigenvalue weighted by Gasteiger charge is 2.21. The number of carbonyl (C=O) groups is 2. The van der Waals surface area contributed by atoms with Gasteiger partial charge in [0.15, 0.2) is 23.9 Å². The molecular weight excluding hydrogens is 376 g/mol. The lowest BCUT2D eigenvalue weighted by Gasteiger charge is -2.32. The van der Waals surface area contributed by atoms with Crippen LogP contribution in [-0.2, 0) is 17.8 Å². The van der Waals surface area contributed by atoms with Crippen LogP contribution in [0.2, 0.25) is 0 Å². The summed E-state index contributed by atoms with van der Waals surface area (Å²) in [5.41, 5.74) is 1.94. The molecule has 0 saturated carbocycles. The van der Waals surface area contributed by atoms with Crippen LogP contribution in [-0.4, -0.2) is 49.4 Å². The normalized spacial score (nSPS) is 14.8. The number of ketones is 1. The molecule has 1 aromatic heterocycles. The molecule has 0 bridgehead atoms. The van der Waals surface area contributed by atoms with Crippen molar-refractivity contribution in [3.8, 4) is 11.5 Å². The van der Waals surface area contributed by atoms with Crippen LogP contribution in [0.5, 0.6) is 11.5 Å². The number of amides is 1. The second kappa shape index (κ2) is 9.21. The van der Waals surface area contributed by atoms with E-state index in [9.17, 15) is 9.59 Å². The molecule has 0 saturated heterocycles. The number of benzene rings is 1. The summed E-state index contributed by atoms with van der Waals surface area (Å²) in [6, 6.07) is 7.37. The van der Waals surface area contributed by atoms with Gasteiger partial charge in [-0.3, -0.25) is 14.5 Å². The van der Waals surface area contributed by atoms with Crippen molar-refractivity contribution in [3.05, 3.63) is 45.6 Å². The van der Waals surface area contributed by atoms with Gasteiger partial charge in [0, 0.05) is 36.1 Å². The highest BCUT2D eigenvalue weighted by Crippen LogP contribution is 2.28. The van der Waals surface area contributed by atoms with Gasteiger partial charge in [0.1, 0.15) is 0 Å². The molecule has 7 heteroatoms. The summed E-state index contributed by atoms with van der Waals surface area (Å²) < 4.78 is 10.8. The summed E-state index contributed by atoms with van der Waals surface area (Å²) in [7, 11) is 1.51. The molecule has 1 atom stereocenters. The van der Waals surface area contributed by atoms with Crippen LogP contribution in [0.3, 0.4) is 0 Å². The Bertz CT molecular complexity index is 849. The Balaban J connectivity index is 1.46. The first-order valence-electron chi connectivity index (χ1n) is 9.35. The fourth-order valence-corrected chi connectivity index (χ4v) is 4.13. The van der Waals surface area contributed by atoms with Gasteiger partial charge in [-0.05, 0) is 55.5 Å². The maximum atomic E-state index is 12.2. The van der Waals surface area contributed by atoms with Gasteiger partial charge in [-0.25, -0.2) is 0 Å². The van der Waals surface area contributed by atoms with Crippen LogP contribution in [0.15, 0.2) is 29.6 Å². The molecule has 2 heterocycles. The van der Waals surface area contributed by atoms with Crippen molar-refractivity contribution in [3.63, 3.8) is 0 Å². The third-order valence-electron chi connectivity index (χ3n) is 4.98. The summed E-state index contributed by atoms with van der Waals surface area (Å²) in [5.74, 6) is 0.645. The Labute approximate surface area is 169 Å². The van der Waals surface area contributed by atoms with Crippen molar-refractivity contribution in [2.45, 2.75) is 32.9 Å². The number of thiophene rings is 1. The molecule has 3 rings (SSSR count). The van der Waals surface area contributed by atoms with Gasteiger partial charge in [-0.15, -0.1) is 11.3 Å². The van der Waals surface area contributed by atoms with Crippen LogP contribution in [0.4, 0.5) is 0 Å². The number of ether oxygens (including phenoxy) is 2. The Hall–Kier alpha value is -2.38. The topological polar surface area (TPSA) is 67.9 Å². The third kappa shape index (κ3) is 4.91. The molecule has 28 heavy (non-hydrogen) atoms. The number of methoxy groups -OCH3 is 1. The van der Waals surface area contributed by atoms with Gasteiger partial charge >= 0.3 is 0 Å². The molecule has 0 fully saturated rings. The average molecular weight is 403 g/mol. The van der Waals surface area contributed by atoms with Gasteiger partial charge in [0.05, 0.1) is 7.11 Å². The van der Waals surface area contributed by atoms with E-state index >= 15 is 0 Å². The van der Waals surface area contributed by atoms with E-state index in [0.717, 1.165) is 19.5 Å². The van der Waals surface area contributed by atoms with Gasteiger partial charge in [-0.2, -0.15) is 0 Å². The molecular formula is C21H26N2O4S. The van der Waals surface area contributed by atoms with Crippen LogP contribution < -0.4 is 14.8 Å². The minimum absolute atomic E-state index is 0.0520. The monoisotopic (exact) mass is 402 g/mol. The lowest BCUT2D eigenvalue weighted by atomic mass is 10.1. The number of rotatable bonds is 8. The highest BCUT2D eigenvalue weighted by atomic mass is 32.1. The van der Waals surface area contributed by atoms with E-state index in [1.165, 1.54) is 24.5 Å². The molecule has 1 unspecified atom stereocenters. The summed E-state index contributed by atoms with van der Waals surface area (Å²) in [6.45, 7) is 6.04. The second-order valence-corrected chi connectivity index (χ2v) is 7.95. The zero-order valence-electron chi connectivity index (χ0n) is 16.5. The fraction of sp³-hybridized carbons (Fsp3) is 0.429. The van der Waals surface area contributed by atoms with E-state index in [4.69, 9.17) is 9.47 Å². The van der Waals surface area contributed by atoms with Crippen LogP contribution in [0.25, 0.3) is 0 Å². The highest BCUT2D eigenvalue weighted by molar-refractivity contribution is 7.10. The molecule has 1 aliphatic rings. The minimum atomic E-state index is -0.183. The number of nitrogens with zero attached hydrogens (tertiary/aromatic N) is 1. The maximum Gasteiger partial charge on any atom is 0.257 e. The quantitative estimate of drug-likeness (QED) is 0.688. The number of carbonyl (C=O) groups excluding carboxylic acids is 2.